The van der Waals surface area contributed by atoms with Gasteiger partial charge in [0.2, 0.25) is 5.91 Å². The second kappa shape index (κ2) is 5.92. The normalized spacial score (nSPS) is 24.2. The van der Waals surface area contributed by atoms with Crippen LogP contribution in [-0.4, -0.2) is 58.1 Å². The summed E-state index contributed by atoms with van der Waals surface area (Å²) in [4.78, 5) is 14.0. The van der Waals surface area contributed by atoms with Crippen LogP contribution in [0.5, 0.6) is 0 Å². The number of aromatic nitrogens is 3. The molecule has 7 nitrogen and oxygen atoms in total. The Bertz CT molecular complexity index is 381. The smallest absolute Gasteiger partial charge is 0.244 e. The van der Waals surface area contributed by atoms with Gasteiger partial charge in [-0.3, -0.25) is 4.79 Å². The first kappa shape index (κ1) is 13.0. The van der Waals surface area contributed by atoms with Gasteiger partial charge in [0.05, 0.1) is 12.3 Å². The molecule has 2 atom stereocenters. The zero-order valence-corrected chi connectivity index (χ0v) is 10.5. The zero-order valence-electron chi connectivity index (χ0n) is 10.5. The van der Waals surface area contributed by atoms with Crippen molar-refractivity contribution < 1.29 is 9.53 Å². The first-order valence-electron chi connectivity index (χ1n) is 6.11. The fraction of sp³-hybridized carbons (Fsp3) is 0.727. The molecule has 1 aromatic rings. The average molecular weight is 253 g/mol. The Labute approximate surface area is 106 Å². The molecule has 2 rings (SSSR count). The van der Waals surface area contributed by atoms with E-state index in [0.717, 1.165) is 12.8 Å². The first-order chi connectivity index (χ1) is 8.74. The van der Waals surface area contributed by atoms with Crippen LogP contribution < -0.4 is 5.73 Å². The van der Waals surface area contributed by atoms with E-state index in [0.29, 0.717) is 13.1 Å². The Morgan fingerprint density at radius 1 is 1.61 bits per heavy atom. The molecule has 0 aliphatic carbocycles. The van der Waals surface area contributed by atoms with E-state index in [1.165, 1.54) is 4.68 Å². The molecule has 1 aliphatic rings. The number of hydrogen-bond donors (Lipinski definition) is 1. The Kier molecular flexibility index (Phi) is 4.27. The number of piperidine rings is 1. The molecular formula is C11H19N5O2. The fourth-order valence-corrected chi connectivity index (χ4v) is 2.33. The van der Waals surface area contributed by atoms with Crippen LogP contribution in [0.15, 0.2) is 12.4 Å². The Morgan fingerprint density at radius 3 is 3.06 bits per heavy atom. The Hall–Kier alpha value is -1.47. The standard InChI is InChI=1S/C11H19N5O2/c1-18-10-2-4-16(9(6-10)7-12)11(17)8-15-5-3-13-14-15/h3,5,9-10H,2,4,6-8,12H2,1H3. The van der Waals surface area contributed by atoms with Crippen molar-refractivity contribution in [3.8, 4) is 0 Å². The maximum Gasteiger partial charge on any atom is 0.244 e. The number of carbonyl (C=O) groups excluding carboxylic acids is 1. The van der Waals surface area contributed by atoms with E-state index in [1.807, 2.05) is 4.90 Å². The molecule has 0 aromatic carbocycles. The van der Waals surface area contributed by atoms with Gasteiger partial charge < -0.3 is 15.4 Å². The predicted octanol–water partition coefficient (Wildman–Crippen LogP) is -0.757. The van der Waals surface area contributed by atoms with Gasteiger partial charge in [-0.1, -0.05) is 5.21 Å². The highest BCUT2D eigenvalue weighted by atomic mass is 16.5. The van der Waals surface area contributed by atoms with Crippen molar-refractivity contribution in [3.63, 3.8) is 0 Å². The number of carbonyl (C=O) groups is 1. The summed E-state index contributed by atoms with van der Waals surface area (Å²) < 4.78 is 6.86. The molecule has 1 saturated heterocycles. The Morgan fingerprint density at radius 2 is 2.44 bits per heavy atom. The molecule has 100 valence electrons. The van der Waals surface area contributed by atoms with Gasteiger partial charge in [-0.05, 0) is 12.8 Å². The lowest BCUT2D eigenvalue weighted by Gasteiger charge is -2.38. The van der Waals surface area contributed by atoms with E-state index >= 15 is 0 Å². The second-order valence-electron chi connectivity index (χ2n) is 4.46. The quantitative estimate of drug-likeness (QED) is 0.762. The van der Waals surface area contributed by atoms with Crippen LogP contribution in [0.3, 0.4) is 0 Å². The maximum absolute atomic E-state index is 12.2. The van der Waals surface area contributed by atoms with E-state index in [2.05, 4.69) is 10.3 Å². The molecule has 1 aliphatic heterocycles. The second-order valence-corrected chi connectivity index (χ2v) is 4.46. The highest BCUT2D eigenvalue weighted by molar-refractivity contribution is 5.76. The molecule has 7 heteroatoms. The molecule has 0 saturated carbocycles. The molecule has 1 fully saturated rings. The molecule has 0 spiro atoms. The number of methoxy groups -OCH3 is 1. The molecule has 2 N–H and O–H groups in total. The zero-order chi connectivity index (χ0) is 13.0. The number of nitrogens with two attached hydrogens (primary N) is 1. The van der Waals surface area contributed by atoms with Crippen LogP contribution in [-0.2, 0) is 16.1 Å². The van der Waals surface area contributed by atoms with Crippen molar-refractivity contribution in [1.29, 1.82) is 0 Å². The maximum atomic E-state index is 12.2. The summed E-state index contributed by atoms with van der Waals surface area (Å²) in [6, 6.07) is 0.0553. The summed E-state index contributed by atoms with van der Waals surface area (Å²) in [7, 11) is 1.70. The van der Waals surface area contributed by atoms with Gasteiger partial charge in [0.1, 0.15) is 6.54 Å². The van der Waals surface area contributed by atoms with Gasteiger partial charge in [-0.2, -0.15) is 0 Å². The number of rotatable bonds is 4. The van der Waals surface area contributed by atoms with Crippen LogP contribution in [0.1, 0.15) is 12.8 Å². The van der Waals surface area contributed by atoms with Gasteiger partial charge in [0.25, 0.3) is 0 Å². The van der Waals surface area contributed by atoms with Crippen molar-refractivity contribution in [2.24, 2.45) is 5.73 Å². The van der Waals surface area contributed by atoms with E-state index in [4.69, 9.17) is 10.5 Å². The van der Waals surface area contributed by atoms with E-state index < -0.39 is 0 Å². The van der Waals surface area contributed by atoms with Gasteiger partial charge >= 0.3 is 0 Å². The lowest BCUT2D eigenvalue weighted by atomic mass is 9.99. The highest BCUT2D eigenvalue weighted by Gasteiger charge is 2.30. The number of ether oxygens (including phenoxy) is 1. The summed E-state index contributed by atoms with van der Waals surface area (Å²) in [6.07, 6.45) is 5.10. The summed E-state index contributed by atoms with van der Waals surface area (Å²) >= 11 is 0. The lowest BCUT2D eigenvalue weighted by Crippen LogP contribution is -2.52. The number of likely N-dealkylation sites (tertiary alicyclic amines) is 1. The molecule has 2 unspecified atom stereocenters. The van der Waals surface area contributed by atoms with Crippen LogP contribution >= 0.6 is 0 Å². The van der Waals surface area contributed by atoms with E-state index in [1.54, 1.807) is 19.5 Å². The average Bonchev–Trinajstić information content (AvgIpc) is 2.90. The third-order valence-corrected chi connectivity index (χ3v) is 3.36. The third-order valence-electron chi connectivity index (χ3n) is 3.36. The number of nitrogens with zero attached hydrogens (tertiary/aromatic N) is 4. The van der Waals surface area contributed by atoms with Crippen molar-refractivity contribution in [3.05, 3.63) is 12.4 Å². The fourth-order valence-electron chi connectivity index (χ4n) is 2.33. The highest BCUT2D eigenvalue weighted by Crippen LogP contribution is 2.19. The molecule has 2 heterocycles. The molecule has 1 aromatic heterocycles. The first-order valence-corrected chi connectivity index (χ1v) is 6.11. The van der Waals surface area contributed by atoms with Crippen LogP contribution in [0.2, 0.25) is 0 Å². The summed E-state index contributed by atoms with van der Waals surface area (Å²) in [5, 5.41) is 7.48. The van der Waals surface area contributed by atoms with Crippen LogP contribution in [0.4, 0.5) is 0 Å². The lowest BCUT2D eigenvalue weighted by molar-refractivity contribution is -0.137. The predicted molar refractivity (Wildman–Crippen MR) is 64.6 cm³/mol. The van der Waals surface area contributed by atoms with Crippen molar-refractivity contribution in [1.82, 2.24) is 19.9 Å². The monoisotopic (exact) mass is 253 g/mol. The van der Waals surface area contributed by atoms with Gasteiger partial charge in [0, 0.05) is 32.4 Å². The van der Waals surface area contributed by atoms with E-state index in [-0.39, 0.29) is 24.6 Å². The largest absolute Gasteiger partial charge is 0.381 e. The number of amides is 1. The van der Waals surface area contributed by atoms with Crippen LogP contribution in [0, 0.1) is 0 Å². The van der Waals surface area contributed by atoms with Gasteiger partial charge in [-0.25, -0.2) is 4.68 Å². The SMILES string of the molecule is COC1CCN(C(=O)Cn2ccnn2)C(CN)C1. The minimum absolute atomic E-state index is 0.0329. The summed E-state index contributed by atoms with van der Waals surface area (Å²) in [5.74, 6) is 0.0329. The van der Waals surface area contributed by atoms with Gasteiger partial charge in [-0.15, -0.1) is 5.10 Å². The summed E-state index contributed by atoms with van der Waals surface area (Å²) in [5.41, 5.74) is 5.74. The van der Waals surface area contributed by atoms with Crippen molar-refractivity contribution in [2.75, 3.05) is 20.2 Å². The van der Waals surface area contributed by atoms with Gasteiger partial charge in [0.15, 0.2) is 0 Å². The van der Waals surface area contributed by atoms with Crippen molar-refractivity contribution in [2.45, 2.75) is 31.5 Å². The molecule has 0 bridgehead atoms. The van der Waals surface area contributed by atoms with Crippen LogP contribution in [0.25, 0.3) is 0 Å². The van der Waals surface area contributed by atoms with E-state index in [9.17, 15) is 4.79 Å². The third kappa shape index (κ3) is 2.85. The molecule has 1 amide bonds. The Balaban J connectivity index is 1.96. The molecule has 0 radical (unpaired) electrons. The molecule has 18 heavy (non-hydrogen) atoms. The minimum atomic E-state index is 0.0329. The topological polar surface area (TPSA) is 86.3 Å². The minimum Gasteiger partial charge on any atom is -0.381 e. The number of hydrogen-bond acceptors (Lipinski definition) is 5. The molecular weight excluding hydrogens is 234 g/mol. The van der Waals surface area contributed by atoms with Crippen molar-refractivity contribution >= 4 is 5.91 Å². The summed E-state index contributed by atoms with van der Waals surface area (Å²) in [6.45, 7) is 1.37.